The maximum Gasteiger partial charge on any atom is 0.314 e. The van der Waals surface area contributed by atoms with Crippen molar-refractivity contribution in [1.82, 2.24) is 0 Å². The molecule has 0 saturated heterocycles. The van der Waals surface area contributed by atoms with E-state index < -0.39 is 22.1 Å². The number of nitrogens with zero attached hydrogens (tertiary/aromatic N) is 1. The number of esters is 1. The Morgan fingerprint density at radius 1 is 1.50 bits per heavy atom. The molecule has 110 valence electrons. The fraction of sp³-hybridized carbons (Fsp3) is 0.417. The van der Waals surface area contributed by atoms with E-state index in [0.29, 0.717) is 0 Å². The summed E-state index contributed by atoms with van der Waals surface area (Å²) in [6.45, 7) is 2.93. The molecule has 0 fully saturated rings. The summed E-state index contributed by atoms with van der Waals surface area (Å²) in [4.78, 5) is 21.7. The van der Waals surface area contributed by atoms with Crippen molar-refractivity contribution in [2.45, 2.75) is 13.8 Å². The number of halogens is 2. The van der Waals surface area contributed by atoms with Crippen molar-refractivity contribution in [1.29, 1.82) is 0 Å². The fourth-order valence-corrected chi connectivity index (χ4v) is 1.70. The van der Waals surface area contributed by atoms with Crippen LogP contribution in [0.5, 0.6) is 5.75 Å². The van der Waals surface area contributed by atoms with Crippen LogP contribution in [-0.4, -0.2) is 24.6 Å². The summed E-state index contributed by atoms with van der Waals surface area (Å²) < 4.78 is 23.2. The summed E-state index contributed by atoms with van der Waals surface area (Å²) in [6, 6.07) is 1.91. The molecule has 0 unspecified atom stereocenters. The van der Waals surface area contributed by atoms with E-state index in [-0.39, 0.29) is 22.5 Å². The van der Waals surface area contributed by atoms with E-state index in [0.717, 1.165) is 12.1 Å². The van der Waals surface area contributed by atoms with Gasteiger partial charge in [0.2, 0.25) is 0 Å². The molecule has 0 amide bonds. The molecule has 0 bridgehead atoms. The highest BCUT2D eigenvalue weighted by molar-refractivity contribution is 9.10. The number of nitro groups is 1. The Morgan fingerprint density at radius 3 is 2.60 bits per heavy atom. The van der Waals surface area contributed by atoms with E-state index in [9.17, 15) is 19.3 Å². The van der Waals surface area contributed by atoms with Gasteiger partial charge in [-0.25, -0.2) is 4.39 Å². The Morgan fingerprint density at radius 2 is 2.10 bits per heavy atom. The van der Waals surface area contributed by atoms with Crippen LogP contribution in [0.2, 0.25) is 0 Å². The lowest BCUT2D eigenvalue weighted by atomic mass is 9.95. The third kappa shape index (κ3) is 3.66. The van der Waals surface area contributed by atoms with E-state index in [1.165, 1.54) is 7.11 Å². The molecule has 0 radical (unpaired) electrons. The van der Waals surface area contributed by atoms with E-state index in [4.69, 9.17) is 4.74 Å². The number of rotatable bonds is 5. The van der Waals surface area contributed by atoms with Crippen molar-refractivity contribution < 1.29 is 23.6 Å². The highest BCUT2D eigenvalue weighted by atomic mass is 79.9. The molecule has 0 spiro atoms. The second-order valence-corrected chi connectivity index (χ2v) is 5.51. The van der Waals surface area contributed by atoms with Crippen LogP contribution < -0.4 is 4.74 Å². The van der Waals surface area contributed by atoms with Gasteiger partial charge in [0.05, 0.1) is 21.9 Å². The smallest absolute Gasteiger partial charge is 0.314 e. The Labute approximate surface area is 123 Å². The maximum absolute atomic E-state index is 13.4. The number of methoxy groups -OCH3 is 1. The summed E-state index contributed by atoms with van der Waals surface area (Å²) in [5, 5.41) is 10.9. The SMILES string of the molecule is COC(=O)C(C)(C)COc1cc(F)c(Br)cc1[N+](=O)[O-]. The molecule has 8 heteroatoms. The zero-order valence-corrected chi connectivity index (χ0v) is 12.7. The zero-order chi connectivity index (χ0) is 15.5. The van der Waals surface area contributed by atoms with E-state index >= 15 is 0 Å². The number of hydrogen-bond donors (Lipinski definition) is 0. The van der Waals surface area contributed by atoms with Crippen LogP contribution in [0.3, 0.4) is 0 Å². The third-order valence-corrected chi connectivity index (χ3v) is 3.13. The molecule has 1 aromatic rings. The van der Waals surface area contributed by atoms with E-state index in [2.05, 4.69) is 20.7 Å². The van der Waals surface area contributed by atoms with Crippen molar-refractivity contribution >= 4 is 27.6 Å². The molecule has 0 atom stereocenters. The summed E-state index contributed by atoms with van der Waals surface area (Å²) in [6.07, 6.45) is 0. The fourth-order valence-electron chi connectivity index (χ4n) is 1.37. The van der Waals surface area contributed by atoms with Crippen molar-refractivity contribution in [3.05, 3.63) is 32.5 Å². The van der Waals surface area contributed by atoms with Gasteiger partial charge in [-0.2, -0.15) is 0 Å². The number of benzene rings is 1. The van der Waals surface area contributed by atoms with Crippen LogP contribution in [0.4, 0.5) is 10.1 Å². The number of ether oxygens (including phenoxy) is 2. The van der Waals surface area contributed by atoms with Gasteiger partial charge in [0, 0.05) is 12.1 Å². The zero-order valence-electron chi connectivity index (χ0n) is 11.1. The molecule has 0 aliphatic rings. The van der Waals surface area contributed by atoms with E-state index in [1.54, 1.807) is 13.8 Å². The van der Waals surface area contributed by atoms with Gasteiger partial charge in [-0.1, -0.05) is 0 Å². The third-order valence-electron chi connectivity index (χ3n) is 2.53. The van der Waals surface area contributed by atoms with Gasteiger partial charge < -0.3 is 9.47 Å². The normalized spacial score (nSPS) is 11.1. The van der Waals surface area contributed by atoms with Crippen molar-refractivity contribution in [3.63, 3.8) is 0 Å². The highest BCUT2D eigenvalue weighted by Crippen LogP contribution is 2.33. The van der Waals surface area contributed by atoms with Crippen LogP contribution >= 0.6 is 15.9 Å². The lowest BCUT2D eigenvalue weighted by molar-refractivity contribution is -0.386. The molecule has 0 N–H and O–H groups in total. The first-order valence-corrected chi connectivity index (χ1v) is 6.33. The van der Waals surface area contributed by atoms with Gasteiger partial charge in [0.15, 0.2) is 5.75 Å². The van der Waals surface area contributed by atoms with Gasteiger partial charge in [-0.05, 0) is 29.8 Å². The quantitative estimate of drug-likeness (QED) is 0.463. The average Bonchev–Trinajstić information content (AvgIpc) is 2.38. The summed E-state index contributed by atoms with van der Waals surface area (Å²) in [7, 11) is 1.23. The molecule has 0 aromatic heterocycles. The van der Waals surface area contributed by atoms with Crippen molar-refractivity contribution in [2.24, 2.45) is 5.41 Å². The lowest BCUT2D eigenvalue weighted by Crippen LogP contribution is -2.32. The second kappa shape index (κ2) is 6.17. The topological polar surface area (TPSA) is 78.7 Å². The van der Waals surface area contributed by atoms with Crippen LogP contribution in [0.25, 0.3) is 0 Å². The Bertz CT molecular complexity index is 547. The van der Waals surface area contributed by atoms with Crippen LogP contribution in [0.1, 0.15) is 13.8 Å². The molecule has 0 aliphatic heterocycles. The van der Waals surface area contributed by atoms with Gasteiger partial charge >= 0.3 is 11.7 Å². The average molecular weight is 350 g/mol. The molecule has 6 nitrogen and oxygen atoms in total. The van der Waals surface area contributed by atoms with Crippen molar-refractivity contribution in [3.8, 4) is 5.75 Å². The van der Waals surface area contributed by atoms with Crippen LogP contribution in [-0.2, 0) is 9.53 Å². The molecular formula is C12H13BrFNO5. The molecular weight excluding hydrogens is 337 g/mol. The first-order valence-electron chi connectivity index (χ1n) is 5.53. The molecule has 0 aliphatic carbocycles. The van der Waals surface area contributed by atoms with Gasteiger partial charge in [-0.3, -0.25) is 14.9 Å². The monoisotopic (exact) mass is 349 g/mol. The summed E-state index contributed by atoms with van der Waals surface area (Å²) >= 11 is 2.86. The van der Waals surface area contributed by atoms with E-state index in [1.807, 2.05) is 0 Å². The molecule has 0 saturated carbocycles. The predicted molar refractivity (Wildman–Crippen MR) is 72.0 cm³/mol. The number of hydrogen-bond acceptors (Lipinski definition) is 5. The standard InChI is InChI=1S/C12H13BrFNO5/c1-12(2,11(16)19-3)6-20-10-5-8(14)7(13)4-9(10)15(17)18/h4-5H,6H2,1-3H3. The van der Waals surface area contributed by atoms with Crippen molar-refractivity contribution in [2.75, 3.05) is 13.7 Å². The minimum atomic E-state index is -1.01. The summed E-state index contributed by atoms with van der Waals surface area (Å²) in [5.74, 6) is -1.47. The Hall–Kier alpha value is -1.70. The molecule has 0 heterocycles. The molecule has 20 heavy (non-hydrogen) atoms. The Balaban J connectivity index is 3.01. The second-order valence-electron chi connectivity index (χ2n) is 4.66. The van der Waals surface area contributed by atoms with Gasteiger partial charge in [0.25, 0.3) is 0 Å². The molecule has 1 aromatic carbocycles. The Kier molecular flexibility index (Phi) is 5.04. The first kappa shape index (κ1) is 16.4. The minimum absolute atomic E-state index is 0.0382. The van der Waals surface area contributed by atoms with Gasteiger partial charge in [-0.15, -0.1) is 0 Å². The minimum Gasteiger partial charge on any atom is -0.486 e. The van der Waals surface area contributed by atoms with Crippen LogP contribution in [0, 0.1) is 21.3 Å². The number of carbonyl (C=O) groups excluding carboxylic acids is 1. The largest absolute Gasteiger partial charge is 0.486 e. The highest BCUT2D eigenvalue weighted by Gasteiger charge is 2.31. The van der Waals surface area contributed by atoms with Gasteiger partial charge in [0.1, 0.15) is 12.4 Å². The lowest BCUT2D eigenvalue weighted by Gasteiger charge is -2.21. The summed E-state index contributed by atoms with van der Waals surface area (Å²) in [5.41, 5.74) is -1.40. The number of nitro benzene ring substituents is 1. The maximum atomic E-state index is 13.4. The predicted octanol–water partition coefficient (Wildman–Crippen LogP) is 3.07. The first-order chi connectivity index (χ1) is 9.19. The number of carbonyl (C=O) groups is 1. The molecule has 1 rings (SSSR count). The van der Waals surface area contributed by atoms with Crippen LogP contribution in [0.15, 0.2) is 16.6 Å².